The smallest absolute Gasteiger partial charge is 0.245 e. The van der Waals surface area contributed by atoms with Gasteiger partial charge in [-0.3, -0.25) is 9.69 Å². The number of fused-ring (bicyclic) bond motifs is 1. The van der Waals surface area contributed by atoms with Crippen molar-refractivity contribution in [2.75, 3.05) is 33.4 Å². The topological polar surface area (TPSA) is 57.4 Å². The highest BCUT2D eigenvalue weighted by Crippen LogP contribution is 2.26. The van der Waals surface area contributed by atoms with Crippen LogP contribution in [0.5, 0.6) is 0 Å². The Morgan fingerprint density at radius 2 is 2.25 bits per heavy atom. The lowest BCUT2D eigenvalue weighted by Gasteiger charge is -2.16. The van der Waals surface area contributed by atoms with Crippen LogP contribution in [0.1, 0.15) is 23.2 Å². The highest BCUT2D eigenvalue weighted by molar-refractivity contribution is 5.86. The number of para-hydroxylation sites is 1. The van der Waals surface area contributed by atoms with Crippen LogP contribution in [0.15, 0.2) is 18.2 Å². The summed E-state index contributed by atoms with van der Waals surface area (Å²) in [5.74, 6) is 0.495. The molecule has 5 nitrogen and oxygen atoms in total. The van der Waals surface area contributed by atoms with Crippen LogP contribution in [0.4, 0.5) is 0 Å². The van der Waals surface area contributed by atoms with Crippen molar-refractivity contribution in [3.8, 4) is 0 Å². The number of nitrogens with one attached hydrogen (secondary N) is 2. The quantitative estimate of drug-likeness (QED) is 0.855. The zero-order valence-corrected chi connectivity index (χ0v) is 14.8. The number of likely N-dealkylation sites (tertiary alicyclic amines) is 1. The van der Waals surface area contributed by atoms with Crippen molar-refractivity contribution in [1.29, 1.82) is 0 Å². The lowest BCUT2D eigenvalue weighted by molar-refractivity contribution is -0.124. The number of nitrogens with zero attached hydrogens (tertiary/aromatic N) is 1. The van der Waals surface area contributed by atoms with Crippen LogP contribution in [0, 0.1) is 19.8 Å². The summed E-state index contributed by atoms with van der Waals surface area (Å²) in [6.07, 6.45) is 1.13. The largest absolute Gasteiger partial charge is 0.375 e. The number of methoxy groups -OCH3 is 1. The number of aryl methyl sites for hydroxylation is 2. The summed E-state index contributed by atoms with van der Waals surface area (Å²) in [5.41, 5.74) is 5.21. The van der Waals surface area contributed by atoms with Crippen molar-refractivity contribution < 1.29 is 9.53 Å². The number of rotatable bonds is 6. The minimum absolute atomic E-state index is 0.0297. The zero-order chi connectivity index (χ0) is 17.1. The van der Waals surface area contributed by atoms with Gasteiger partial charge in [0, 0.05) is 43.3 Å². The molecule has 1 atom stereocenters. The van der Waals surface area contributed by atoms with Gasteiger partial charge in [-0.1, -0.05) is 18.2 Å². The van der Waals surface area contributed by atoms with Crippen LogP contribution < -0.4 is 5.32 Å². The van der Waals surface area contributed by atoms with Crippen LogP contribution in [0.3, 0.4) is 0 Å². The third kappa shape index (κ3) is 3.62. The first kappa shape index (κ1) is 17.0. The predicted molar refractivity (Wildman–Crippen MR) is 96.0 cm³/mol. The number of hydrogen-bond donors (Lipinski definition) is 2. The van der Waals surface area contributed by atoms with E-state index in [0.717, 1.165) is 32.6 Å². The lowest BCUT2D eigenvalue weighted by Crippen LogP contribution is -2.33. The molecule has 2 heterocycles. The third-order valence-electron chi connectivity index (χ3n) is 5.02. The monoisotopic (exact) mass is 329 g/mol. The van der Waals surface area contributed by atoms with Crippen LogP contribution in [-0.2, 0) is 16.1 Å². The number of H-pyrrole nitrogens is 1. The van der Waals surface area contributed by atoms with Gasteiger partial charge in [-0.25, -0.2) is 0 Å². The second-order valence-corrected chi connectivity index (χ2v) is 6.85. The molecule has 1 fully saturated rings. The van der Waals surface area contributed by atoms with Crippen LogP contribution in [0.2, 0.25) is 0 Å². The summed E-state index contributed by atoms with van der Waals surface area (Å²) in [7, 11) is 1.54. The van der Waals surface area contributed by atoms with Gasteiger partial charge in [0.05, 0.1) is 0 Å². The van der Waals surface area contributed by atoms with Crippen molar-refractivity contribution in [1.82, 2.24) is 15.2 Å². The Kier molecular flexibility index (Phi) is 5.21. The van der Waals surface area contributed by atoms with Gasteiger partial charge in [0.1, 0.15) is 6.61 Å². The Hall–Kier alpha value is -1.85. The highest BCUT2D eigenvalue weighted by atomic mass is 16.5. The van der Waals surface area contributed by atoms with Crippen molar-refractivity contribution >= 4 is 16.8 Å². The summed E-state index contributed by atoms with van der Waals surface area (Å²) in [6.45, 7) is 8.29. The molecule has 0 unspecified atom stereocenters. The SMILES string of the molecule is COCC(=O)NC[C@H]1CCN(Cc2[nH]c3c(C)cccc3c2C)C1. The molecule has 0 spiro atoms. The first-order valence-corrected chi connectivity index (χ1v) is 8.63. The minimum Gasteiger partial charge on any atom is -0.375 e. The summed E-state index contributed by atoms with van der Waals surface area (Å²) in [5, 5.41) is 4.28. The van der Waals surface area contributed by atoms with Gasteiger partial charge in [0.15, 0.2) is 0 Å². The molecular weight excluding hydrogens is 302 g/mol. The molecule has 1 aromatic heterocycles. The van der Waals surface area contributed by atoms with E-state index in [-0.39, 0.29) is 12.5 Å². The molecule has 1 aliphatic rings. The standard InChI is InChI=1S/C19H27N3O2/c1-13-5-4-6-16-14(2)17(21-19(13)16)11-22-8-7-15(10-22)9-20-18(23)12-24-3/h4-6,15,21H,7-12H2,1-3H3,(H,20,23)/t15-/m1/s1. The number of carbonyl (C=O) groups is 1. The molecule has 2 N–H and O–H groups in total. The molecular formula is C19H27N3O2. The number of benzene rings is 1. The first-order chi connectivity index (χ1) is 11.6. The molecule has 3 rings (SSSR count). The van der Waals surface area contributed by atoms with E-state index in [1.54, 1.807) is 7.11 Å². The maximum Gasteiger partial charge on any atom is 0.245 e. The van der Waals surface area contributed by atoms with Gasteiger partial charge in [0.25, 0.3) is 0 Å². The summed E-state index contributed by atoms with van der Waals surface area (Å²) in [4.78, 5) is 17.6. The van der Waals surface area contributed by atoms with E-state index >= 15 is 0 Å². The fraction of sp³-hybridized carbons (Fsp3) is 0.526. The molecule has 24 heavy (non-hydrogen) atoms. The van der Waals surface area contributed by atoms with Gasteiger partial charge in [0.2, 0.25) is 5.91 Å². The van der Waals surface area contributed by atoms with Crippen LogP contribution in [-0.4, -0.2) is 49.1 Å². The van der Waals surface area contributed by atoms with E-state index < -0.39 is 0 Å². The molecule has 0 bridgehead atoms. The van der Waals surface area contributed by atoms with Gasteiger partial charge < -0.3 is 15.0 Å². The molecule has 0 saturated carbocycles. The second-order valence-electron chi connectivity index (χ2n) is 6.85. The van der Waals surface area contributed by atoms with E-state index in [9.17, 15) is 4.79 Å². The average molecular weight is 329 g/mol. The average Bonchev–Trinajstić information content (AvgIpc) is 3.13. The lowest BCUT2D eigenvalue weighted by atomic mass is 10.1. The van der Waals surface area contributed by atoms with Gasteiger partial charge >= 0.3 is 0 Å². The highest BCUT2D eigenvalue weighted by Gasteiger charge is 2.24. The Bertz CT molecular complexity index is 723. The number of carbonyl (C=O) groups excluding carboxylic acids is 1. The number of hydrogen-bond acceptors (Lipinski definition) is 3. The molecule has 1 aromatic carbocycles. The summed E-state index contributed by atoms with van der Waals surface area (Å²) >= 11 is 0. The van der Waals surface area contributed by atoms with Gasteiger partial charge in [-0.05, 0) is 43.9 Å². The molecule has 1 amide bonds. The maximum atomic E-state index is 11.5. The van der Waals surface area contributed by atoms with E-state index in [1.807, 2.05) is 0 Å². The van der Waals surface area contributed by atoms with Crippen molar-refractivity contribution in [2.24, 2.45) is 5.92 Å². The number of aromatic amines is 1. The minimum atomic E-state index is -0.0297. The van der Waals surface area contributed by atoms with Gasteiger partial charge in [-0.15, -0.1) is 0 Å². The fourth-order valence-electron chi connectivity index (χ4n) is 3.60. The molecule has 1 saturated heterocycles. The van der Waals surface area contributed by atoms with Crippen LogP contribution >= 0.6 is 0 Å². The van der Waals surface area contributed by atoms with Crippen LogP contribution in [0.25, 0.3) is 10.9 Å². The Balaban J connectivity index is 1.59. The molecule has 0 radical (unpaired) electrons. The van der Waals surface area contributed by atoms with Crippen molar-refractivity contribution in [3.63, 3.8) is 0 Å². The number of amides is 1. The molecule has 0 aliphatic carbocycles. The normalized spacial score (nSPS) is 18.4. The molecule has 1 aliphatic heterocycles. The van der Waals surface area contributed by atoms with E-state index in [0.29, 0.717) is 5.92 Å². The van der Waals surface area contributed by atoms with E-state index in [2.05, 4.69) is 47.2 Å². The fourth-order valence-corrected chi connectivity index (χ4v) is 3.60. The summed E-state index contributed by atoms with van der Waals surface area (Å²) in [6, 6.07) is 6.46. The second kappa shape index (κ2) is 7.36. The molecule has 130 valence electrons. The Morgan fingerprint density at radius 3 is 3.00 bits per heavy atom. The number of aromatic nitrogens is 1. The molecule has 5 heteroatoms. The van der Waals surface area contributed by atoms with Crippen molar-refractivity contribution in [3.05, 3.63) is 35.0 Å². The predicted octanol–water partition coefficient (Wildman–Crippen LogP) is 2.37. The Morgan fingerprint density at radius 1 is 1.42 bits per heavy atom. The van der Waals surface area contributed by atoms with Crippen molar-refractivity contribution in [2.45, 2.75) is 26.8 Å². The number of ether oxygens (including phenoxy) is 1. The van der Waals surface area contributed by atoms with E-state index in [1.165, 1.54) is 27.7 Å². The van der Waals surface area contributed by atoms with E-state index in [4.69, 9.17) is 4.74 Å². The summed E-state index contributed by atoms with van der Waals surface area (Å²) < 4.78 is 4.84. The maximum absolute atomic E-state index is 11.5. The first-order valence-electron chi connectivity index (χ1n) is 8.63. The Labute approximate surface area is 143 Å². The van der Waals surface area contributed by atoms with Gasteiger partial charge in [-0.2, -0.15) is 0 Å². The molecule has 2 aromatic rings. The zero-order valence-electron chi connectivity index (χ0n) is 14.8. The third-order valence-corrected chi connectivity index (χ3v) is 5.02.